The Labute approximate surface area is 165 Å². The molecule has 0 fully saturated rings. The molecule has 1 aliphatic rings. The Morgan fingerprint density at radius 1 is 1.18 bits per heavy atom. The van der Waals surface area contributed by atoms with Crippen molar-refractivity contribution in [2.75, 3.05) is 13.6 Å². The van der Waals surface area contributed by atoms with Gasteiger partial charge in [0, 0.05) is 36.0 Å². The first-order valence-electron chi connectivity index (χ1n) is 9.70. The molecule has 2 heterocycles. The highest BCUT2D eigenvalue weighted by Gasteiger charge is 2.23. The molecule has 1 aromatic heterocycles. The van der Waals surface area contributed by atoms with Gasteiger partial charge in [0.15, 0.2) is 0 Å². The van der Waals surface area contributed by atoms with Crippen molar-refractivity contribution in [2.45, 2.75) is 32.9 Å². The highest BCUT2D eigenvalue weighted by atomic mass is 16.1. The van der Waals surface area contributed by atoms with Gasteiger partial charge in [-0.1, -0.05) is 36.4 Å². The molecule has 144 valence electrons. The van der Waals surface area contributed by atoms with Crippen molar-refractivity contribution >= 4 is 5.91 Å². The lowest BCUT2D eigenvalue weighted by molar-refractivity contribution is 0.0934. The molecular weight excluding hydrogens is 348 g/mol. The van der Waals surface area contributed by atoms with Gasteiger partial charge in [0.25, 0.3) is 5.91 Å². The smallest absolute Gasteiger partial charge is 0.251 e. The number of fused-ring (bicyclic) bond motifs is 1. The molecular formula is C23H26N4O. The van der Waals surface area contributed by atoms with Crippen molar-refractivity contribution in [1.82, 2.24) is 20.4 Å². The number of hydrogen-bond donors (Lipinski definition) is 2. The number of hydrogen-bond acceptors (Lipinski definition) is 3. The maximum atomic E-state index is 12.8. The van der Waals surface area contributed by atoms with E-state index in [-0.39, 0.29) is 5.91 Å². The molecule has 5 nitrogen and oxygen atoms in total. The average molecular weight is 374 g/mol. The van der Waals surface area contributed by atoms with Crippen LogP contribution in [-0.2, 0) is 13.0 Å². The molecule has 0 saturated carbocycles. The van der Waals surface area contributed by atoms with Crippen molar-refractivity contribution in [3.8, 4) is 11.1 Å². The lowest BCUT2D eigenvalue weighted by Gasteiger charge is -2.34. The molecule has 0 unspecified atom stereocenters. The summed E-state index contributed by atoms with van der Waals surface area (Å²) in [5.74, 6) is -0.0343. The number of carbonyl (C=O) groups excluding carboxylic acids is 1. The monoisotopic (exact) mass is 374 g/mol. The topological polar surface area (TPSA) is 61.0 Å². The van der Waals surface area contributed by atoms with E-state index in [4.69, 9.17) is 0 Å². The van der Waals surface area contributed by atoms with E-state index in [1.165, 1.54) is 11.1 Å². The molecule has 2 N–H and O–H groups in total. The Hall–Kier alpha value is -2.92. The summed E-state index contributed by atoms with van der Waals surface area (Å²) in [4.78, 5) is 15.1. The van der Waals surface area contributed by atoms with Gasteiger partial charge in [-0.3, -0.25) is 14.8 Å². The van der Waals surface area contributed by atoms with Crippen molar-refractivity contribution in [3.63, 3.8) is 0 Å². The van der Waals surface area contributed by atoms with E-state index in [9.17, 15) is 4.79 Å². The van der Waals surface area contributed by atoms with Gasteiger partial charge in [-0.15, -0.1) is 0 Å². The third-order valence-corrected chi connectivity index (χ3v) is 5.66. The first-order chi connectivity index (χ1) is 13.5. The number of nitrogens with zero attached hydrogens (tertiary/aromatic N) is 2. The van der Waals surface area contributed by atoms with E-state index in [2.05, 4.69) is 51.7 Å². The van der Waals surface area contributed by atoms with Crippen LogP contribution in [0, 0.1) is 13.8 Å². The fraction of sp³-hybridized carbons (Fsp3) is 0.304. The number of carbonyl (C=O) groups is 1. The van der Waals surface area contributed by atoms with Crippen LogP contribution in [0.1, 0.15) is 32.9 Å². The van der Waals surface area contributed by atoms with E-state index in [0.717, 1.165) is 35.5 Å². The predicted molar refractivity (Wildman–Crippen MR) is 111 cm³/mol. The van der Waals surface area contributed by atoms with Crippen LogP contribution in [0.15, 0.2) is 48.5 Å². The van der Waals surface area contributed by atoms with Crippen LogP contribution in [0.25, 0.3) is 11.1 Å². The molecule has 4 rings (SSSR count). The Balaban J connectivity index is 1.46. The third kappa shape index (κ3) is 3.58. The van der Waals surface area contributed by atoms with E-state index < -0.39 is 0 Å². The van der Waals surface area contributed by atoms with Crippen molar-refractivity contribution in [2.24, 2.45) is 0 Å². The molecule has 1 atom stereocenters. The van der Waals surface area contributed by atoms with Crippen LogP contribution >= 0.6 is 0 Å². The number of amides is 1. The summed E-state index contributed by atoms with van der Waals surface area (Å²) in [6, 6.07) is 16.6. The minimum atomic E-state index is -0.0343. The number of H-pyrrole nitrogens is 1. The Kier molecular flexibility index (Phi) is 5.01. The lowest BCUT2D eigenvalue weighted by atomic mass is 9.94. The molecule has 0 aliphatic carbocycles. The van der Waals surface area contributed by atoms with Gasteiger partial charge in [0.05, 0.1) is 5.69 Å². The van der Waals surface area contributed by atoms with Crippen LogP contribution < -0.4 is 5.32 Å². The van der Waals surface area contributed by atoms with E-state index in [0.29, 0.717) is 18.2 Å². The molecule has 0 bridgehead atoms. The van der Waals surface area contributed by atoms with Gasteiger partial charge in [-0.25, -0.2) is 0 Å². The molecule has 28 heavy (non-hydrogen) atoms. The first-order valence-corrected chi connectivity index (χ1v) is 9.70. The zero-order chi connectivity index (χ0) is 19.7. The zero-order valence-corrected chi connectivity index (χ0v) is 16.6. The summed E-state index contributed by atoms with van der Waals surface area (Å²) in [7, 11) is 2.12. The maximum Gasteiger partial charge on any atom is 0.251 e. The summed E-state index contributed by atoms with van der Waals surface area (Å²) >= 11 is 0. The summed E-state index contributed by atoms with van der Waals surface area (Å²) in [5.41, 5.74) is 7.48. The summed E-state index contributed by atoms with van der Waals surface area (Å²) in [5, 5.41) is 10.4. The third-order valence-electron chi connectivity index (χ3n) is 5.66. The second-order valence-corrected chi connectivity index (χ2v) is 7.64. The molecule has 2 aromatic carbocycles. The SMILES string of the molecule is Cc1n[nH]c(C)c1-c1cccc(C(=O)NC[C@@H]2Cc3ccccc3CN2C)c1. The minimum absolute atomic E-state index is 0.0343. The maximum absolute atomic E-state index is 12.8. The normalized spacial score (nSPS) is 16.6. The highest BCUT2D eigenvalue weighted by molar-refractivity contribution is 5.95. The van der Waals surface area contributed by atoms with Gasteiger partial charge in [-0.05, 0) is 56.1 Å². The van der Waals surface area contributed by atoms with Crippen molar-refractivity contribution < 1.29 is 4.79 Å². The van der Waals surface area contributed by atoms with Crippen LogP contribution in [0.3, 0.4) is 0 Å². The predicted octanol–water partition coefficient (Wildman–Crippen LogP) is 3.48. The molecule has 3 aromatic rings. The molecule has 5 heteroatoms. The number of nitrogens with one attached hydrogen (secondary N) is 2. The first kappa shape index (κ1) is 18.4. The number of aromatic nitrogens is 2. The minimum Gasteiger partial charge on any atom is -0.350 e. The van der Waals surface area contributed by atoms with E-state index >= 15 is 0 Å². The number of rotatable bonds is 4. The van der Waals surface area contributed by atoms with Crippen LogP contribution in [0.2, 0.25) is 0 Å². The standard InChI is InChI=1S/C23H26N4O/c1-15-22(16(2)26-25-15)18-9-6-10-19(11-18)23(28)24-13-21-12-17-7-4-5-8-20(17)14-27(21)3/h4-11,21H,12-14H2,1-3H3,(H,24,28)(H,25,26)/t21-/m0/s1. The zero-order valence-electron chi connectivity index (χ0n) is 16.6. The van der Waals surface area contributed by atoms with Gasteiger partial charge < -0.3 is 5.32 Å². The molecule has 1 amide bonds. The molecule has 0 radical (unpaired) electrons. The van der Waals surface area contributed by atoms with E-state index in [1.54, 1.807) is 0 Å². The average Bonchev–Trinajstić information content (AvgIpc) is 3.04. The summed E-state index contributed by atoms with van der Waals surface area (Å²) < 4.78 is 0. The Morgan fingerprint density at radius 2 is 1.96 bits per heavy atom. The second-order valence-electron chi connectivity index (χ2n) is 7.64. The van der Waals surface area contributed by atoms with Crippen LogP contribution in [0.4, 0.5) is 0 Å². The molecule has 1 aliphatic heterocycles. The number of likely N-dealkylation sites (N-methyl/N-ethyl adjacent to an activating group) is 1. The number of benzene rings is 2. The van der Waals surface area contributed by atoms with E-state index in [1.807, 2.05) is 38.1 Å². The molecule has 0 saturated heterocycles. The fourth-order valence-corrected chi connectivity index (χ4v) is 4.05. The van der Waals surface area contributed by atoms with Gasteiger partial charge in [0.1, 0.15) is 0 Å². The Bertz CT molecular complexity index is 988. The summed E-state index contributed by atoms with van der Waals surface area (Å²) in [6.45, 7) is 5.53. The lowest BCUT2D eigenvalue weighted by Crippen LogP contribution is -2.45. The molecule has 0 spiro atoms. The van der Waals surface area contributed by atoms with Gasteiger partial charge in [-0.2, -0.15) is 5.10 Å². The van der Waals surface area contributed by atoms with Gasteiger partial charge in [0.2, 0.25) is 0 Å². The number of aromatic amines is 1. The van der Waals surface area contributed by atoms with Crippen molar-refractivity contribution in [3.05, 3.63) is 76.6 Å². The van der Waals surface area contributed by atoms with Crippen LogP contribution in [-0.4, -0.2) is 40.6 Å². The Morgan fingerprint density at radius 3 is 2.71 bits per heavy atom. The second kappa shape index (κ2) is 7.60. The highest BCUT2D eigenvalue weighted by Crippen LogP contribution is 2.26. The van der Waals surface area contributed by atoms with Crippen LogP contribution in [0.5, 0.6) is 0 Å². The quantitative estimate of drug-likeness (QED) is 0.735. The van der Waals surface area contributed by atoms with Gasteiger partial charge >= 0.3 is 0 Å². The summed E-state index contributed by atoms with van der Waals surface area (Å²) in [6.07, 6.45) is 0.959. The van der Waals surface area contributed by atoms with Crippen molar-refractivity contribution in [1.29, 1.82) is 0 Å². The number of aryl methyl sites for hydroxylation is 2. The fourth-order valence-electron chi connectivity index (χ4n) is 4.05. The largest absolute Gasteiger partial charge is 0.350 e.